The van der Waals surface area contributed by atoms with Gasteiger partial charge in [-0.15, -0.1) is 11.8 Å². The molecule has 4 aromatic rings. The maximum absolute atomic E-state index is 13.9. The van der Waals surface area contributed by atoms with E-state index in [-0.39, 0.29) is 18.1 Å². The quantitative estimate of drug-likeness (QED) is 0.146. The summed E-state index contributed by atoms with van der Waals surface area (Å²) < 4.78 is 4.49. The summed E-state index contributed by atoms with van der Waals surface area (Å²) in [5, 5.41) is 5.83. The zero-order valence-electron chi connectivity index (χ0n) is 25.0. The van der Waals surface area contributed by atoms with Gasteiger partial charge in [-0.3, -0.25) is 9.59 Å². The zero-order chi connectivity index (χ0) is 31.5. The molecule has 2 amide bonds. The Labute approximate surface area is 268 Å². The van der Waals surface area contributed by atoms with E-state index in [0.29, 0.717) is 0 Å². The average Bonchev–Trinajstić information content (AvgIpc) is 3.65. The Balaban J connectivity index is 1.45. The summed E-state index contributed by atoms with van der Waals surface area (Å²) in [5.41, 5.74) is 3.99. The Morgan fingerprint density at radius 1 is 0.689 bits per heavy atom. The number of methoxy groups -OCH3 is 1. The van der Waals surface area contributed by atoms with E-state index in [0.717, 1.165) is 22.3 Å². The molecule has 1 aliphatic carbocycles. The van der Waals surface area contributed by atoms with Crippen LogP contribution in [0, 0.1) is 5.92 Å². The topological polar surface area (TPSA) is 84.5 Å². The van der Waals surface area contributed by atoms with E-state index in [9.17, 15) is 14.4 Å². The summed E-state index contributed by atoms with van der Waals surface area (Å²) in [6, 6.07) is 38.0. The van der Waals surface area contributed by atoms with E-state index in [4.69, 9.17) is 4.74 Å². The van der Waals surface area contributed by atoms with Gasteiger partial charge >= 0.3 is 5.97 Å². The van der Waals surface area contributed by atoms with Crippen LogP contribution >= 0.6 is 11.8 Å². The molecule has 0 spiro atoms. The number of allylic oxidation sites excluding steroid dienone is 2. The number of thioether (sulfide) groups is 1. The Bertz CT molecular complexity index is 1520. The van der Waals surface area contributed by atoms with Crippen molar-refractivity contribution in [1.82, 2.24) is 10.6 Å². The van der Waals surface area contributed by atoms with Gasteiger partial charge < -0.3 is 15.4 Å². The monoisotopic (exact) mass is 616 g/mol. The van der Waals surface area contributed by atoms with Gasteiger partial charge in [0.15, 0.2) is 0 Å². The van der Waals surface area contributed by atoms with E-state index in [1.54, 1.807) is 36.1 Å². The maximum Gasteiger partial charge on any atom is 0.329 e. The lowest BCUT2D eigenvalue weighted by Crippen LogP contribution is -2.54. The Hall–Kier alpha value is -4.88. The summed E-state index contributed by atoms with van der Waals surface area (Å²) in [6.45, 7) is 0. The largest absolute Gasteiger partial charge is 0.467 e. The highest BCUT2D eigenvalue weighted by atomic mass is 32.2. The van der Waals surface area contributed by atoms with Crippen molar-refractivity contribution < 1.29 is 19.1 Å². The number of benzene rings is 4. The van der Waals surface area contributed by atoms with Crippen LogP contribution in [0.1, 0.15) is 22.3 Å². The number of carbonyl (C=O) groups excluding carboxylic acids is 3. The van der Waals surface area contributed by atoms with Gasteiger partial charge in [0.25, 0.3) is 0 Å². The van der Waals surface area contributed by atoms with Crippen LogP contribution in [0.15, 0.2) is 146 Å². The van der Waals surface area contributed by atoms with Gasteiger partial charge in [-0.2, -0.15) is 0 Å². The smallest absolute Gasteiger partial charge is 0.329 e. The van der Waals surface area contributed by atoms with Crippen molar-refractivity contribution in [2.75, 3.05) is 12.9 Å². The van der Waals surface area contributed by atoms with E-state index in [1.807, 2.05) is 84.9 Å². The molecule has 2 N–H and O–H groups in total. The fourth-order valence-corrected chi connectivity index (χ4v) is 7.04. The van der Waals surface area contributed by atoms with Crippen molar-refractivity contribution in [2.24, 2.45) is 5.92 Å². The molecule has 45 heavy (non-hydrogen) atoms. The second-order valence-corrected chi connectivity index (χ2v) is 12.0. The number of rotatable bonds is 13. The molecule has 0 radical (unpaired) electrons. The highest BCUT2D eigenvalue weighted by molar-refractivity contribution is 8.00. The normalized spacial score (nSPS) is 14.0. The van der Waals surface area contributed by atoms with Crippen LogP contribution in [0.2, 0.25) is 0 Å². The molecule has 6 nitrogen and oxygen atoms in total. The average molecular weight is 617 g/mol. The minimum atomic E-state index is -0.982. The van der Waals surface area contributed by atoms with Crippen LogP contribution in [-0.2, 0) is 30.3 Å². The SMILES string of the molecule is COC(=O)[C@H](CSC(c1ccccc1)(c1ccccc1)c1ccccc1)NC(=O)[C@H](Cc1ccccc1)NC(=O)C1C=CC=C1. The van der Waals surface area contributed by atoms with E-state index in [2.05, 4.69) is 47.0 Å². The lowest BCUT2D eigenvalue weighted by Gasteiger charge is -2.36. The van der Waals surface area contributed by atoms with Gasteiger partial charge in [0.1, 0.15) is 12.1 Å². The van der Waals surface area contributed by atoms with Gasteiger partial charge in [0.2, 0.25) is 11.8 Å². The second-order valence-electron chi connectivity index (χ2n) is 10.7. The highest BCUT2D eigenvalue weighted by Crippen LogP contribution is 2.48. The molecule has 0 unspecified atom stereocenters. The van der Waals surface area contributed by atoms with Crippen molar-refractivity contribution in [3.05, 3.63) is 168 Å². The standard InChI is InChI=1S/C38H36N2O4S/c1-44-37(43)34(40-36(42)33(26-28-16-6-2-7-17-28)39-35(41)29-18-14-15-19-29)27-45-38(30-20-8-3-9-21-30,31-22-10-4-11-23-31)32-24-12-5-13-25-32/h2-25,29,33-34H,26-27H2,1H3,(H,39,41)(H,40,42)/t33-,34-/m0/s1. The highest BCUT2D eigenvalue weighted by Gasteiger charge is 2.39. The van der Waals surface area contributed by atoms with E-state index in [1.165, 1.54) is 7.11 Å². The van der Waals surface area contributed by atoms with Crippen LogP contribution in [0.25, 0.3) is 0 Å². The molecule has 0 saturated carbocycles. The maximum atomic E-state index is 13.9. The van der Waals surface area contributed by atoms with Gasteiger partial charge in [-0.25, -0.2) is 4.79 Å². The molecule has 228 valence electrons. The molecule has 0 bridgehead atoms. The lowest BCUT2D eigenvalue weighted by atomic mass is 9.84. The third-order valence-corrected chi connectivity index (χ3v) is 9.42. The number of amides is 2. The Kier molecular flexibility index (Phi) is 10.7. The number of esters is 1. The fourth-order valence-electron chi connectivity index (χ4n) is 5.49. The molecule has 0 fully saturated rings. The van der Waals surface area contributed by atoms with Crippen LogP contribution in [0.4, 0.5) is 0 Å². The molecule has 7 heteroatoms. The summed E-state index contributed by atoms with van der Waals surface area (Å²) in [7, 11) is 1.31. The minimum Gasteiger partial charge on any atom is -0.467 e. The fraction of sp³-hybridized carbons (Fsp3) is 0.184. The minimum absolute atomic E-state index is 0.206. The molecule has 5 rings (SSSR count). The van der Waals surface area contributed by atoms with Crippen LogP contribution in [-0.4, -0.2) is 42.7 Å². The zero-order valence-corrected chi connectivity index (χ0v) is 25.9. The van der Waals surface area contributed by atoms with Crippen LogP contribution in [0.5, 0.6) is 0 Å². The molecule has 0 saturated heterocycles. The molecule has 0 heterocycles. The van der Waals surface area contributed by atoms with Crippen molar-refractivity contribution >= 4 is 29.5 Å². The van der Waals surface area contributed by atoms with Crippen molar-refractivity contribution in [3.8, 4) is 0 Å². The van der Waals surface area contributed by atoms with Crippen molar-refractivity contribution in [2.45, 2.75) is 23.3 Å². The van der Waals surface area contributed by atoms with E-state index < -0.39 is 34.6 Å². The number of hydrogen-bond acceptors (Lipinski definition) is 5. The van der Waals surface area contributed by atoms with E-state index >= 15 is 0 Å². The first kappa shape index (κ1) is 31.5. The molecule has 1 aliphatic rings. The van der Waals surface area contributed by atoms with Gasteiger partial charge in [0.05, 0.1) is 17.8 Å². The predicted octanol–water partition coefficient (Wildman–Crippen LogP) is 5.84. The molecular weight excluding hydrogens is 580 g/mol. The Morgan fingerprint density at radius 3 is 1.62 bits per heavy atom. The molecule has 4 aromatic carbocycles. The third-order valence-electron chi connectivity index (χ3n) is 7.78. The first-order valence-electron chi connectivity index (χ1n) is 14.9. The number of carbonyl (C=O) groups is 3. The molecule has 0 aliphatic heterocycles. The first-order valence-corrected chi connectivity index (χ1v) is 15.9. The van der Waals surface area contributed by atoms with Crippen molar-refractivity contribution in [1.29, 1.82) is 0 Å². The molecule has 0 aromatic heterocycles. The van der Waals surface area contributed by atoms with Crippen LogP contribution < -0.4 is 10.6 Å². The lowest BCUT2D eigenvalue weighted by molar-refractivity contribution is -0.144. The number of ether oxygens (including phenoxy) is 1. The van der Waals surface area contributed by atoms with Gasteiger partial charge in [-0.1, -0.05) is 146 Å². The number of nitrogens with one attached hydrogen (secondary N) is 2. The number of hydrogen-bond donors (Lipinski definition) is 2. The first-order chi connectivity index (χ1) is 22.0. The van der Waals surface area contributed by atoms with Gasteiger partial charge in [-0.05, 0) is 22.3 Å². The van der Waals surface area contributed by atoms with Gasteiger partial charge in [0, 0.05) is 12.2 Å². The summed E-state index contributed by atoms with van der Waals surface area (Å²) in [5.74, 6) is -1.55. The predicted molar refractivity (Wildman–Crippen MR) is 179 cm³/mol. The Morgan fingerprint density at radius 2 is 1.16 bits per heavy atom. The molecular formula is C38H36N2O4S. The second kappa shape index (κ2) is 15.2. The third kappa shape index (κ3) is 7.62. The summed E-state index contributed by atoms with van der Waals surface area (Å²) in [4.78, 5) is 40.2. The van der Waals surface area contributed by atoms with Crippen molar-refractivity contribution in [3.63, 3.8) is 0 Å². The molecule has 2 atom stereocenters. The summed E-state index contributed by atoms with van der Waals surface area (Å²) >= 11 is 1.55. The summed E-state index contributed by atoms with van der Waals surface area (Å²) in [6.07, 6.45) is 7.43. The van der Waals surface area contributed by atoms with Crippen LogP contribution in [0.3, 0.4) is 0 Å².